The summed E-state index contributed by atoms with van der Waals surface area (Å²) in [7, 11) is 0. The van der Waals surface area contributed by atoms with Gasteiger partial charge in [0.15, 0.2) is 0 Å². The predicted molar refractivity (Wildman–Crippen MR) is 164 cm³/mol. The third kappa shape index (κ3) is 20.9. The number of benzene rings is 1. The van der Waals surface area contributed by atoms with E-state index in [1.54, 1.807) is 0 Å². The van der Waals surface area contributed by atoms with Crippen LogP contribution in [0.25, 0.3) is 0 Å². The van der Waals surface area contributed by atoms with Crippen LogP contribution in [0.2, 0.25) is 0 Å². The van der Waals surface area contributed by atoms with Gasteiger partial charge in [-0.05, 0) is 47.3 Å². The Bertz CT molecular complexity index is 468. The molecule has 0 saturated carbocycles. The van der Waals surface area contributed by atoms with Crippen molar-refractivity contribution in [3.8, 4) is 5.75 Å². The maximum absolute atomic E-state index is 8.97. The van der Waals surface area contributed by atoms with E-state index in [1.807, 2.05) is 0 Å². The van der Waals surface area contributed by atoms with E-state index in [0.29, 0.717) is 12.0 Å². The van der Waals surface area contributed by atoms with Gasteiger partial charge in [-0.25, -0.2) is 0 Å². The number of ether oxygens (including phenoxy) is 1. The molecule has 0 bridgehead atoms. The summed E-state index contributed by atoms with van der Waals surface area (Å²) in [5, 5.41) is 8.97. The molecule has 0 radical (unpaired) electrons. The monoisotopic (exact) mass is 469 g/mol. The van der Waals surface area contributed by atoms with Crippen LogP contribution in [-0.4, -0.2) is 18.3 Å². The Morgan fingerprint density at radius 3 is 1.47 bits per heavy atom. The number of rotatable bonds is 6. The molecule has 0 fully saturated rings. The summed E-state index contributed by atoms with van der Waals surface area (Å²) < 4.78 is 5.73. The summed E-state index contributed by atoms with van der Waals surface area (Å²) in [6.07, 6.45) is 2.08. The minimum absolute atomic E-state index is 0. The second-order valence-electron chi connectivity index (χ2n) is 7.83. The summed E-state index contributed by atoms with van der Waals surface area (Å²) in [6.45, 7) is 16.2. The molecule has 1 aromatic rings. The number of hydrogen-bond donors (Lipinski definition) is 1. The summed E-state index contributed by atoms with van der Waals surface area (Å²) >= 11 is 0. The molecular formula is C30H76O2. The number of hydrogen-bond acceptors (Lipinski definition) is 2. The second-order valence-corrected chi connectivity index (χ2v) is 7.83. The molecule has 0 atom stereocenters. The molecule has 0 saturated heterocycles. The van der Waals surface area contributed by atoms with Gasteiger partial charge in [0.1, 0.15) is 12.4 Å². The number of aliphatic hydroxyl groups is 1. The van der Waals surface area contributed by atoms with Crippen LogP contribution in [0.5, 0.6) is 5.75 Å². The molecule has 0 aliphatic rings. The molecule has 208 valence electrons. The van der Waals surface area contributed by atoms with Crippen LogP contribution in [0.1, 0.15) is 146 Å². The van der Waals surface area contributed by atoms with Crippen molar-refractivity contribution < 1.29 is 9.84 Å². The highest BCUT2D eigenvalue weighted by Crippen LogP contribution is 2.39. The first-order chi connectivity index (χ1) is 9.60. The van der Waals surface area contributed by atoms with E-state index in [2.05, 4.69) is 60.6 Å². The van der Waals surface area contributed by atoms with Gasteiger partial charge in [-0.1, -0.05) is 135 Å². The molecule has 32 heavy (non-hydrogen) atoms. The minimum atomic E-state index is 0. The third-order valence-electron chi connectivity index (χ3n) is 3.82. The zero-order valence-electron chi connectivity index (χ0n) is 14.8. The first kappa shape index (κ1) is 69.8. The van der Waals surface area contributed by atoms with Crippen LogP contribution in [0, 0.1) is 12.3 Å². The summed E-state index contributed by atoms with van der Waals surface area (Å²) in [5.74, 6) is 0.946. The molecule has 1 N–H and O–H groups in total. The normalized spacial score (nSPS) is 8.25. The summed E-state index contributed by atoms with van der Waals surface area (Å²) in [4.78, 5) is 0. The molecule has 0 unspecified atom stereocenters. The van der Waals surface area contributed by atoms with E-state index in [4.69, 9.17) is 9.84 Å². The molecule has 2 nitrogen and oxygen atoms in total. The maximum Gasteiger partial charge on any atom is 0.125 e. The highest BCUT2D eigenvalue weighted by Gasteiger charge is 2.28. The predicted octanol–water partition coefficient (Wildman–Crippen LogP) is 11.6. The molecule has 0 aliphatic carbocycles. The lowest BCUT2D eigenvalue weighted by molar-refractivity contribution is 0.199. The van der Waals surface area contributed by atoms with E-state index < -0.39 is 0 Å². The van der Waals surface area contributed by atoms with Crippen molar-refractivity contribution >= 4 is 0 Å². The summed E-state index contributed by atoms with van der Waals surface area (Å²) in [5.41, 5.74) is 4.22. The van der Waals surface area contributed by atoms with Gasteiger partial charge in [0, 0.05) is 0 Å². The fourth-order valence-electron chi connectivity index (χ4n) is 3.28. The Kier molecular flexibility index (Phi) is 61.1. The van der Waals surface area contributed by atoms with Crippen molar-refractivity contribution in [2.75, 3.05) is 13.2 Å². The Morgan fingerprint density at radius 2 is 1.16 bits per heavy atom. The van der Waals surface area contributed by atoms with Crippen LogP contribution >= 0.6 is 0 Å². The van der Waals surface area contributed by atoms with Gasteiger partial charge in [-0.3, -0.25) is 0 Å². The zero-order chi connectivity index (χ0) is 16.3. The smallest absolute Gasteiger partial charge is 0.125 e. The molecule has 0 amide bonds. The quantitative estimate of drug-likeness (QED) is 0.449. The molecular weight excluding hydrogens is 392 g/mol. The molecule has 1 rings (SSSR count). The first-order valence-corrected chi connectivity index (χ1v) is 7.98. The highest BCUT2D eigenvalue weighted by atomic mass is 16.5. The van der Waals surface area contributed by atoms with Gasteiger partial charge >= 0.3 is 0 Å². The van der Waals surface area contributed by atoms with Gasteiger partial charge in [-0.2, -0.15) is 0 Å². The molecule has 0 aliphatic heterocycles. The van der Waals surface area contributed by atoms with Gasteiger partial charge < -0.3 is 9.84 Å². The van der Waals surface area contributed by atoms with E-state index in [1.165, 1.54) is 16.7 Å². The van der Waals surface area contributed by atoms with Crippen molar-refractivity contribution in [2.45, 2.75) is 148 Å². The van der Waals surface area contributed by atoms with Crippen LogP contribution in [0.3, 0.4) is 0 Å². The fourth-order valence-corrected chi connectivity index (χ4v) is 3.28. The van der Waals surface area contributed by atoms with Gasteiger partial charge in [0.05, 0.1) is 6.61 Å². The number of aliphatic hydroxyl groups excluding tert-OH is 1. The average molecular weight is 469 g/mol. The van der Waals surface area contributed by atoms with E-state index in [9.17, 15) is 0 Å². The first-order valence-electron chi connectivity index (χ1n) is 7.98. The van der Waals surface area contributed by atoms with Crippen LogP contribution < -0.4 is 4.74 Å². The molecule has 0 heterocycles. The topological polar surface area (TPSA) is 29.5 Å². The minimum Gasteiger partial charge on any atom is -0.491 e. The molecule has 1 aromatic carbocycles. The number of aryl methyl sites for hydroxylation is 2. The van der Waals surface area contributed by atoms with Crippen LogP contribution in [-0.2, 0) is 11.8 Å². The van der Waals surface area contributed by atoms with Gasteiger partial charge in [0.2, 0.25) is 0 Å². The second kappa shape index (κ2) is 28.0. The lowest BCUT2D eigenvalue weighted by Gasteiger charge is -2.34. The molecule has 0 aromatic heterocycles. The van der Waals surface area contributed by atoms with Crippen molar-refractivity contribution in [3.05, 3.63) is 28.8 Å². The lowest BCUT2D eigenvalue weighted by Crippen LogP contribution is -2.25. The molecule has 2 heteroatoms. The van der Waals surface area contributed by atoms with Gasteiger partial charge in [-0.15, -0.1) is 0 Å². The maximum atomic E-state index is 8.97. The van der Waals surface area contributed by atoms with Crippen molar-refractivity contribution in [3.63, 3.8) is 0 Å². The van der Waals surface area contributed by atoms with Crippen LogP contribution in [0.15, 0.2) is 12.1 Å². The Hall–Kier alpha value is -1.02. The molecule has 0 spiro atoms. The Labute approximate surface area is 211 Å². The van der Waals surface area contributed by atoms with Crippen molar-refractivity contribution in [1.82, 2.24) is 0 Å². The van der Waals surface area contributed by atoms with E-state index in [0.717, 1.165) is 18.6 Å². The van der Waals surface area contributed by atoms with Crippen molar-refractivity contribution in [2.24, 2.45) is 5.41 Å². The summed E-state index contributed by atoms with van der Waals surface area (Å²) in [6, 6.07) is 4.53. The Morgan fingerprint density at radius 1 is 0.750 bits per heavy atom. The highest BCUT2D eigenvalue weighted by molar-refractivity contribution is 5.46. The standard InChI is InChI=1S/C19H32O2.11CH4/c1-8-15-12-16(19(6,7)13-18(3,4)5)11-14(2)17(15)21-10-9-20;;;;;;;;;;;/h11-12,20H,8-10,13H2,1-7H3;11*1H4. The Balaban J connectivity index is -0.0000000445. The van der Waals surface area contributed by atoms with E-state index >= 15 is 0 Å². The SMILES string of the molecule is C.C.C.C.C.C.C.C.C.C.C.CCc1cc(C(C)(C)CC(C)(C)C)cc(C)c1OCCO. The fraction of sp³-hybridized carbons (Fsp3) is 0.800. The van der Waals surface area contributed by atoms with Gasteiger partial charge in [0.25, 0.3) is 0 Å². The van der Waals surface area contributed by atoms with Crippen molar-refractivity contribution in [1.29, 1.82) is 0 Å². The largest absolute Gasteiger partial charge is 0.491 e. The average Bonchev–Trinajstić information content (AvgIpc) is 2.33. The lowest BCUT2D eigenvalue weighted by atomic mass is 9.71. The zero-order valence-corrected chi connectivity index (χ0v) is 14.8. The third-order valence-corrected chi connectivity index (χ3v) is 3.82. The van der Waals surface area contributed by atoms with E-state index in [-0.39, 0.29) is 93.7 Å². The van der Waals surface area contributed by atoms with Crippen LogP contribution in [0.4, 0.5) is 0 Å².